The van der Waals surface area contributed by atoms with Crippen molar-refractivity contribution < 1.29 is 13.2 Å². The number of rotatable bonds is 4. The van der Waals surface area contributed by atoms with Crippen LogP contribution in [0.2, 0.25) is 0 Å². The molecule has 0 aliphatic heterocycles. The second-order valence-electron chi connectivity index (χ2n) is 3.82. The minimum absolute atomic E-state index is 0.221. The van der Waals surface area contributed by atoms with Crippen LogP contribution in [0.3, 0.4) is 0 Å². The van der Waals surface area contributed by atoms with Crippen LogP contribution in [0.5, 0.6) is 0 Å². The molecule has 1 aromatic carbocycles. The molecule has 20 heavy (non-hydrogen) atoms. The third kappa shape index (κ3) is 3.38. The normalized spacial score (nSPS) is 11.1. The van der Waals surface area contributed by atoms with E-state index in [2.05, 4.69) is 26.0 Å². The first-order valence-electron chi connectivity index (χ1n) is 5.52. The maximum absolute atomic E-state index is 12.1. The number of halogens is 1. The Morgan fingerprint density at radius 2 is 1.80 bits per heavy atom. The van der Waals surface area contributed by atoms with Crippen LogP contribution >= 0.6 is 27.3 Å². The molecule has 0 spiro atoms. The van der Waals surface area contributed by atoms with Gasteiger partial charge in [-0.05, 0) is 52.3 Å². The molecular formula is C12H11BrN2O3S2. The van der Waals surface area contributed by atoms with Crippen LogP contribution in [-0.2, 0) is 10.0 Å². The molecule has 0 radical (unpaired) electrons. The Morgan fingerprint density at radius 1 is 1.15 bits per heavy atom. The third-order valence-corrected chi connectivity index (χ3v) is 5.94. The Hall–Kier alpha value is -1.38. The molecule has 0 bridgehead atoms. The Bertz CT molecular complexity index is 723. The summed E-state index contributed by atoms with van der Waals surface area (Å²) in [6.07, 6.45) is 0. The van der Waals surface area contributed by atoms with Gasteiger partial charge < -0.3 is 5.32 Å². The van der Waals surface area contributed by atoms with Gasteiger partial charge in [-0.25, -0.2) is 8.42 Å². The van der Waals surface area contributed by atoms with E-state index in [1.54, 1.807) is 30.3 Å². The predicted molar refractivity (Wildman–Crippen MR) is 82.7 cm³/mol. The zero-order valence-corrected chi connectivity index (χ0v) is 13.6. The van der Waals surface area contributed by atoms with Crippen LogP contribution in [0.1, 0.15) is 10.4 Å². The maximum atomic E-state index is 12.1. The van der Waals surface area contributed by atoms with Gasteiger partial charge in [0.25, 0.3) is 15.9 Å². The molecule has 0 saturated heterocycles. The van der Waals surface area contributed by atoms with Crippen LogP contribution in [0.25, 0.3) is 0 Å². The fraction of sp³-hybridized carbons (Fsp3) is 0.0833. The van der Waals surface area contributed by atoms with Gasteiger partial charge in [-0.15, -0.1) is 11.3 Å². The smallest absolute Gasteiger partial charge is 0.271 e. The molecule has 106 valence electrons. The molecule has 0 aliphatic carbocycles. The van der Waals surface area contributed by atoms with Gasteiger partial charge in [-0.1, -0.05) is 0 Å². The van der Waals surface area contributed by atoms with Crippen LogP contribution < -0.4 is 10.0 Å². The monoisotopic (exact) mass is 374 g/mol. The van der Waals surface area contributed by atoms with E-state index in [1.165, 1.54) is 13.1 Å². The number of sulfonamides is 1. The van der Waals surface area contributed by atoms with Crippen molar-refractivity contribution in [1.29, 1.82) is 0 Å². The van der Waals surface area contributed by atoms with E-state index in [0.717, 1.165) is 15.1 Å². The molecule has 1 amide bonds. The zero-order chi connectivity index (χ0) is 14.8. The lowest BCUT2D eigenvalue weighted by Gasteiger charge is -2.07. The Kier molecular flexibility index (Phi) is 4.46. The number of carbonyl (C=O) groups is 1. The summed E-state index contributed by atoms with van der Waals surface area (Å²) in [4.78, 5) is 11.4. The summed E-state index contributed by atoms with van der Waals surface area (Å²) in [5, 5.41) is 2.50. The summed E-state index contributed by atoms with van der Waals surface area (Å²) in [5.74, 6) is -0.221. The SMILES string of the molecule is CNC(=O)c1ccc(NS(=O)(=O)c2ccc(Br)s2)cc1. The van der Waals surface area contributed by atoms with E-state index in [4.69, 9.17) is 0 Å². The number of thiophene rings is 1. The van der Waals surface area contributed by atoms with E-state index in [-0.39, 0.29) is 10.1 Å². The lowest BCUT2D eigenvalue weighted by atomic mass is 10.2. The molecule has 0 saturated carbocycles. The summed E-state index contributed by atoms with van der Waals surface area (Å²) < 4.78 is 27.6. The van der Waals surface area contributed by atoms with Crippen LogP contribution in [-0.4, -0.2) is 21.4 Å². The topological polar surface area (TPSA) is 75.3 Å². The van der Waals surface area contributed by atoms with Gasteiger partial charge in [-0.2, -0.15) is 0 Å². The van der Waals surface area contributed by atoms with Crippen LogP contribution in [0.15, 0.2) is 44.4 Å². The minimum atomic E-state index is -3.59. The lowest BCUT2D eigenvalue weighted by Crippen LogP contribution is -2.17. The zero-order valence-electron chi connectivity index (χ0n) is 10.4. The quantitative estimate of drug-likeness (QED) is 0.863. The Balaban J connectivity index is 2.20. The van der Waals surface area contributed by atoms with Crippen molar-refractivity contribution in [2.75, 3.05) is 11.8 Å². The molecular weight excluding hydrogens is 364 g/mol. The molecule has 2 N–H and O–H groups in total. The summed E-state index contributed by atoms with van der Waals surface area (Å²) in [7, 11) is -2.06. The number of anilines is 1. The van der Waals surface area contributed by atoms with Crippen molar-refractivity contribution in [3.8, 4) is 0 Å². The maximum Gasteiger partial charge on any atom is 0.271 e. The average Bonchev–Trinajstić information content (AvgIpc) is 2.86. The van der Waals surface area contributed by atoms with Gasteiger partial charge in [0.15, 0.2) is 0 Å². The minimum Gasteiger partial charge on any atom is -0.355 e. The Labute approximate surface area is 129 Å². The molecule has 8 heteroatoms. The van der Waals surface area contributed by atoms with Crippen LogP contribution in [0, 0.1) is 0 Å². The highest BCUT2D eigenvalue weighted by molar-refractivity contribution is 9.11. The first-order chi connectivity index (χ1) is 9.42. The fourth-order valence-electron chi connectivity index (χ4n) is 1.48. The van der Waals surface area contributed by atoms with E-state index in [9.17, 15) is 13.2 Å². The van der Waals surface area contributed by atoms with Gasteiger partial charge in [0.2, 0.25) is 0 Å². The molecule has 1 aromatic heterocycles. The summed E-state index contributed by atoms with van der Waals surface area (Å²) in [6, 6.07) is 9.40. The van der Waals surface area contributed by atoms with E-state index < -0.39 is 10.0 Å². The van der Waals surface area contributed by atoms with E-state index >= 15 is 0 Å². The number of benzene rings is 1. The number of amides is 1. The first-order valence-corrected chi connectivity index (χ1v) is 8.62. The predicted octanol–water partition coefficient (Wildman–Crippen LogP) is 2.67. The van der Waals surface area contributed by atoms with E-state index in [0.29, 0.717) is 11.3 Å². The average molecular weight is 375 g/mol. The summed E-state index contributed by atoms with van der Waals surface area (Å²) >= 11 is 4.35. The van der Waals surface area contributed by atoms with Gasteiger partial charge in [0, 0.05) is 18.3 Å². The highest BCUT2D eigenvalue weighted by atomic mass is 79.9. The number of carbonyl (C=O) groups excluding carboxylic acids is 1. The standard InChI is InChI=1S/C12H11BrN2O3S2/c1-14-12(16)8-2-4-9(5-3-8)15-20(17,18)11-7-6-10(13)19-11/h2-7,15H,1H3,(H,14,16). The molecule has 0 fully saturated rings. The Morgan fingerprint density at radius 3 is 2.30 bits per heavy atom. The number of hydrogen-bond donors (Lipinski definition) is 2. The number of hydrogen-bond acceptors (Lipinski definition) is 4. The van der Waals surface area contributed by atoms with Crippen molar-refractivity contribution in [2.45, 2.75) is 4.21 Å². The molecule has 5 nitrogen and oxygen atoms in total. The van der Waals surface area contributed by atoms with Crippen molar-refractivity contribution in [1.82, 2.24) is 5.32 Å². The molecule has 0 aliphatic rings. The summed E-state index contributed by atoms with van der Waals surface area (Å²) in [6.45, 7) is 0. The summed E-state index contributed by atoms with van der Waals surface area (Å²) in [5.41, 5.74) is 0.872. The fourth-order valence-corrected chi connectivity index (χ4v) is 4.55. The first kappa shape index (κ1) is 15.0. The highest BCUT2D eigenvalue weighted by Crippen LogP contribution is 2.27. The van der Waals surface area contributed by atoms with Gasteiger partial charge in [-0.3, -0.25) is 9.52 Å². The lowest BCUT2D eigenvalue weighted by molar-refractivity contribution is 0.0963. The van der Waals surface area contributed by atoms with Crippen molar-refractivity contribution in [3.05, 3.63) is 45.7 Å². The van der Waals surface area contributed by atoms with E-state index in [1.807, 2.05) is 0 Å². The van der Waals surface area contributed by atoms with Crippen molar-refractivity contribution in [3.63, 3.8) is 0 Å². The van der Waals surface area contributed by atoms with Gasteiger partial charge in [0.1, 0.15) is 4.21 Å². The van der Waals surface area contributed by atoms with Crippen molar-refractivity contribution in [2.24, 2.45) is 0 Å². The molecule has 0 atom stereocenters. The highest BCUT2D eigenvalue weighted by Gasteiger charge is 2.16. The molecule has 2 rings (SSSR count). The second kappa shape index (κ2) is 5.94. The van der Waals surface area contributed by atoms with Crippen molar-refractivity contribution >= 4 is 48.9 Å². The number of nitrogens with one attached hydrogen (secondary N) is 2. The second-order valence-corrected chi connectivity index (χ2v) is 8.19. The van der Waals surface area contributed by atoms with Gasteiger partial charge >= 0.3 is 0 Å². The molecule has 1 heterocycles. The van der Waals surface area contributed by atoms with Gasteiger partial charge in [0.05, 0.1) is 3.79 Å². The molecule has 0 unspecified atom stereocenters. The molecule has 2 aromatic rings. The third-order valence-electron chi connectivity index (χ3n) is 2.44. The van der Waals surface area contributed by atoms with Crippen LogP contribution in [0.4, 0.5) is 5.69 Å². The largest absolute Gasteiger partial charge is 0.355 e.